The third-order valence-electron chi connectivity index (χ3n) is 4.90. The maximum atomic E-state index is 13.0. The molecule has 0 atom stereocenters. The lowest BCUT2D eigenvalue weighted by atomic mass is 10.2. The molecule has 0 aliphatic heterocycles. The number of nitrogens with zero attached hydrogens (tertiary/aromatic N) is 3. The summed E-state index contributed by atoms with van der Waals surface area (Å²) in [6.07, 6.45) is 0.980. The number of amides is 1. The molecule has 0 aliphatic carbocycles. The van der Waals surface area contributed by atoms with Crippen molar-refractivity contribution in [3.8, 4) is 11.4 Å². The summed E-state index contributed by atoms with van der Waals surface area (Å²) in [6, 6.07) is 10.1. The largest absolute Gasteiger partial charge is 0.339 e. The number of aryl methyl sites for hydroxylation is 1. The number of benzene rings is 2. The number of hydrogen-bond acceptors (Lipinski definition) is 6. The summed E-state index contributed by atoms with van der Waals surface area (Å²) in [6.45, 7) is 4.10. The van der Waals surface area contributed by atoms with Crippen LogP contribution in [0.3, 0.4) is 0 Å². The monoisotopic (exact) mass is 494 g/mol. The molecule has 11 heteroatoms. The van der Waals surface area contributed by atoms with Crippen LogP contribution >= 0.6 is 11.6 Å². The van der Waals surface area contributed by atoms with Crippen molar-refractivity contribution in [1.82, 2.24) is 14.4 Å². The first-order valence-electron chi connectivity index (χ1n) is 10.4. The molecule has 0 saturated heterocycles. The minimum Gasteiger partial charge on any atom is -0.339 e. The summed E-state index contributed by atoms with van der Waals surface area (Å²) in [4.78, 5) is 16.6. The Labute approximate surface area is 196 Å². The number of halogens is 2. The van der Waals surface area contributed by atoms with Crippen molar-refractivity contribution < 1.29 is 22.1 Å². The Morgan fingerprint density at radius 1 is 1.15 bits per heavy atom. The summed E-state index contributed by atoms with van der Waals surface area (Å²) >= 11 is 6.12. The Balaban J connectivity index is 1.58. The quantitative estimate of drug-likeness (QED) is 0.444. The SMILES string of the molecule is CCN(CC)S(=O)(=O)c1cc(NC(=O)CCCc2nc(-c3ccc(F)cc3)no2)ccc1Cl. The molecule has 0 radical (unpaired) electrons. The molecule has 0 aliphatic rings. The first-order valence-corrected chi connectivity index (χ1v) is 12.2. The fourth-order valence-electron chi connectivity index (χ4n) is 3.18. The van der Waals surface area contributed by atoms with Crippen LogP contribution in [0.2, 0.25) is 5.02 Å². The second-order valence-electron chi connectivity index (χ2n) is 7.15. The molecule has 0 saturated carbocycles. The Bertz CT molecular complexity index is 1210. The fourth-order valence-corrected chi connectivity index (χ4v) is 5.14. The molecular formula is C22H24ClFN4O4S. The predicted octanol–water partition coefficient (Wildman–Crippen LogP) is 4.52. The molecule has 1 heterocycles. The van der Waals surface area contributed by atoms with Crippen LogP contribution in [0.15, 0.2) is 51.9 Å². The van der Waals surface area contributed by atoms with Crippen molar-refractivity contribution in [1.29, 1.82) is 0 Å². The number of aromatic nitrogens is 2. The molecule has 0 unspecified atom stereocenters. The van der Waals surface area contributed by atoms with E-state index in [1.807, 2.05) is 0 Å². The van der Waals surface area contributed by atoms with Crippen LogP contribution in [-0.2, 0) is 21.2 Å². The molecule has 2 aromatic carbocycles. The van der Waals surface area contributed by atoms with E-state index in [0.29, 0.717) is 48.9 Å². The average Bonchev–Trinajstić information content (AvgIpc) is 3.25. The second kappa shape index (κ2) is 10.9. The van der Waals surface area contributed by atoms with Crippen molar-refractivity contribution in [3.05, 3.63) is 59.2 Å². The smallest absolute Gasteiger partial charge is 0.244 e. The topological polar surface area (TPSA) is 105 Å². The van der Waals surface area contributed by atoms with Crippen LogP contribution in [0, 0.1) is 5.82 Å². The summed E-state index contributed by atoms with van der Waals surface area (Å²) < 4.78 is 45.1. The van der Waals surface area contributed by atoms with Crippen LogP contribution < -0.4 is 5.32 Å². The van der Waals surface area contributed by atoms with Gasteiger partial charge < -0.3 is 9.84 Å². The lowest BCUT2D eigenvalue weighted by Crippen LogP contribution is -2.30. The highest BCUT2D eigenvalue weighted by molar-refractivity contribution is 7.89. The van der Waals surface area contributed by atoms with E-state index in [-0.39, 0.29) is 28.1 Å². The first kappa shape index (κ1) is 24.8. The number of hydrogen-bond donors (Lipinski definition) is 1. The number of sulfonamides is 1. The van der Waals surface area contributed by atoms with Gasteiger partial charge in [-0.1, -0.05) is 30.6 Å². The molecule has 0 bridgehead atoms. The van der Waals surface area contributed by atoms with Crippen molar-refractivity contribution >= 4 is 33.2 Å². The van der Waals surface area contributed by atoms with E-state index < -0.39 is 10.0 Å². The number of rotatable bonds is 10. The number of carbonyl (C=O) groups excluding carboxylic acids is 1. The first-order chi connectivity index (χ1) is 15.7. The normalized spacial score (nSPS) is 11.7. The third-order valence-corrected chi connectivity index (χ3v) is 7.43. The van der Waals surface area contributed by atoms with Gasteiger partial charge in [-0.05, 0) is 48.9 Å². The molecule has 8 nitrogen and oxygen atoms in total. The average molecular weight is 495 g/mol. The third kappa shape index (κ3) is 6.16. The van der Waals surface area contributed by atoms with Gasteiger partial charge in [0.05, 0.1) is 5.02 Å². The highest BCUT2D eigenvalue weighted by Crippen LogP contribution is 2.28. The van der Waals surface area contributed by atoms with Gasteiger partial charge in [-0.15, -0.1) is 0 Å². The molecule has 3 rings (SSSR count). The molecule has 1 N–H and O–H groups in total. The van der Waals surface area contributed by atoms with Gasteiger partial charge in [0, 0.05) is 37.2 Å². The standard InChI is InChI=1S/C22H24ClFN4O4S/c1-3-28(4-2)33(30,31)19-14-17(12-13-18(19)23)25-20(29)6-5-7-21-26-22(27-32-21)15-8-10-16(24)11-9-15/h8-14H,3-7H2,1-2H3,(H,25,29). The van der Waals surface area contributed by atoms with E-state index >= 15 is 0 Å². The van der Waals surface area contributed by atoms with Gasteiger partial charge in [0.2, 0.25) is 27.6 Å². The molecule has 0 fully saturated rings. The van der Waals surface area contributed by atoms with Gasteiger partial charge in [-0.3, -0.25) is 4.79 Å². The summed E-state index contributed by atoms with van der Waals surface area (Å²) in [7, 11) is -3.76. The van der Waals surface area contributed by atoms with Crippen LogP contribution in [-0.4, -0.2) is 41.9 Å². The zero-order valence-electron chi connectivity index (χ0n) is 18.2. The zero-order valence-corrected chi connectivity index (χ0v) is 19.8. The molecule has 1 aromatic heterocycles. The molecule has 0 spiro atoms. The van der Waals surface area contributed by atoms with E-state index in [1.165, 1.54) is 28.6 Å². The number of carbonyl (C=O) groups is 1. The van der Waals surface area contributed by atoms with Gasteiger partial charge in [0.1, 0.15) is 10.7 Å². The van der Waals surface area contributed by atoms with Gasteiger partial charge >= 0.3 is 0 Å². The fraction of sp³-hybridized carbons (Fsp3) is 0.318. The Morgan fingerprint density at radius 2 is 1.85 bits per heavy atom. The Morgan fingerprint density at radius 3 is 2.52 bits per heavy atom. The lowest BCUT2D eigenvalue weighted by molar-refractivity contribution is -0.116. The van der Waals surface area contributed by atoms with Crippen LogP contribution in [0.1, 0.15) is 32.6 Å². The van der Waals surface area contributed by atoms with Gasteiger partial charge in [0.25, 0.3) is 0 Å². The maximum absolute atomic E-state index is 13.0. The highest BCUT2D eigenvalue weighted by Gasteiger charge is 2.25. The van der Waals surface area contributed by atoms with Crippen LogP contribution in [0.4, 0.5) is 10.1 Å². The van der Waals surface area contributed by atoms with Crippen molar-refractivity contribution in [2.75, 3.05) is 18.4 Å². The summed E-state index contributed by atoms with van der Waals surface area (Å²) in [5, 5.41) is 6.66. The minimum absolute atomic E-state index is 0.0511. The zero-order chi connectivity index (χ0) is 24.0. The maximum Gasteiger partial charge on any atom is 0.244 e. The summed E-state index contributed by atoms with van der Waals surface area (Å²) in [5.74, 6) is 0.0625. The Hall–Kier alpha value is -2.82. The Kier molecular flexibility index (Phi) is 8.17. The predicted molar refractivity (Wildman–Crippen MR) is 123 cm³/mol. The van der Waals surface area contributed by atoms with E-state index in [4.69, 9.17) is 16.1 Å². The molecular weight excluding hydrogens is 471 g/mol. The molecule has 3 aromatic rings. The van der Waals surface area contributed by atoms with E-state index in [9.17, 15) is 17.6 Å². The van der Waals surface area contributed by atoms with Gasteiger partial charge in [-0.25, -0.2) is 12.8 Å². The number of nitrogens with one attached hydrogen (secondary N) is 1. The second-order valence-corrected chi connectivity index (χ2v) is 9.47. The van der Waals surface area contributed by atoms with E-state index in [0.717, 1.165) is 0 Å². The van der Waals surface area contributed by atoms with Crippen LogP contribution in [0.25, 0.3) is 11.4 Å². The molecule has 176 valence electrons. The van der Waals surface area contributed by atoms with Crippen molar-refractivity contribution in [2.45, 2.75) is 38.0 Å². The molecule has 1 amide bonds. The molecule has 33 heavy (non-hydrogen) atoms. The van der Waals surface area contributed by atoms with Crippen molar-refractivity contribution in [2.24, 2.45) is 0 Å². The number of anilines is 1. The highest BCUT2D eigenvalue weighted by atomic mass is 35.5. The van der Waals surface area contributed by atoms with Gasteiger partial charge in [-0.2, -0.15) is 9.29 Å². The minimum atomic E-state index is -3.76. The summed E-state index contributed by atoms with van der Waals surface area (Å²) in [5.41, 5.74) is 0.967. The van der Waals surface area contributed by atoms with E-state index in [1.54, 1.807) is 32.0 Å². The lowest BCUT2D eigenvalue weighted by Gasteiger charge is -2.19. The van der Waals surface area contributed by atoms with Gasteiger partial charge in [0.15, 0.2) is 0 Å². The van der Waals surface area contributed by atoms with Crippen LogP contribution in [0.5, 0.6) is 0 Å². The van der Waals surface area contributed by atoms with E-state index in [2.05, 4.69) is 15.5 Å². The van der Waals surface area contributed by atoms with Crippen molar-refractivity contribution in [3.63, 3.8) is 0 Å².